The van der Waals surface area contributed by atoms with Crippen LogP contribution in [0.3, 0.4) is 0 Å². The Kier molecular flexibility index (Phi) is 5.82. The fourth-order valence-corrected chi connectivity index (χ4v) is 3.62. The normalized spacial score (nSPS) is 17.7. The van der Waals surface area contributed by atoms with E-state index in [1.807, 2.05) is 18.2 Å². The Balaban J connectivity index is 1.22. The van der Waals surface area contributed by atoms with Crippen LogP contribution >= 0.6 is 0 Å². The van der Waals surface area contributed by atoms with Gasteiger partial charge < -0.3 is 30.1 Å². The van der Waals surface area contributed by atoms with Gasteiger partial charge in [0.05, 0.1) is 6.10 Å². The van der Waals surface area contributed by atoms with E-state index in [2.05, 4.69) is 15.5 Å². The molecule has 1 fully saturated rings. The van der Waals surface area contributed by atoms with Crippen LogP contribution in [0.2, 0.25) is 0 Å². The van der Waals surface area contributed by atoms with Crippen molar-refractivity contribution in [2.45, 2.75) is 25.0 Å². The zero-order chi connectivity index (χ0) is 20.2. The smallest absolute Gasteiger partial charge is 0.319 e. The number of anilines is 1. The van der Waals surface area contributed by atoms with E-state index in [1.165, 1.54) is 24.3 Å². The second kappa shape index (κ2) is 8.67. The lowest BCUT2D eigenvalue weighted by Gasteiger charge is -2.33. The molecule has 2 aromatic rings. The van der Waals surface area contributed by atoms with E-state index in [0.717, 1.165) is 31.5 Å². The van der Waals surface area contributed by atoms with Gasteiger partial charge in [0.15, 0.2) is 11.5 Å². The van der Waals surface area contributed by atoms with Crippen LogP contribution in [0.15, 0.2) is 42.5 Å². The Morgan fingerprint density at radius 2 is 1.86 bits per heavy atom. The highest BCUT2D eigenvalue weighted by atomic mass is 19.1. The maximum absolute atomic E-state index is 12.9. The third-order valence-corrected chi connectivity index (χ3v) is 5.24. The van der Waals surface area contributed by atoms with Crippen molar-refractivity contribution in [3.63, 3.8) is 0 Å². The van der Waals surface area contributed by atoms with Gasteiger partial charge in [-0.05, 0) is 54.8 Å². The average molecular weight is 401 g/mol. The second-order valence-corrected chi connectivity index (χ2v) is 7.31. The summed E-state index contributed by atoms with van der Waals surface area (Å²) in [5, 5.41) is 16.2. The summed E-state index contributed by atoms with van der Waals surface area (Å²) in [7, 11) is 0. The summed E-state index contributed by atoms with van der Waals surface area (Å²) in [5.74, 6) is 1.02. The Labute approximate surface area is 168 Å². The van der Waals surface area contributed by atoms with Crippen LogP contribution in [0.1, 0.15) is 24.5 Å². The van der Waals surface area contributed by atoms with Crippen molar-refractivity contribution in [3.8, 4) is 11.5 Å². The minimum atomic E-state index is -0.615. The van der Waals surface area contributed by atoms with E-state index < -0.39 is 6.10 Å². The summed E-state index contributed by atoms with van der Waals surface area (Å²) < 4.78 is 23.6. The van der Waals surface area contributed by atoms with Crippen molar-refractivity contribution < 1.29 is 23.8 Å². The number of ether oxygens (including phenoxy) is 2. The zero-order valence-electron chi connectivity index (χ0n) is 15.9. The molecule has 0 unspecified atom stereocenters. The Morgan fingerprint density at radius 3 is 2.62 bits per heavy atom. The van der Waals surface area contributed by atoms with Gasteiger partial charge in [0, 0.05) is 31.4 Å². The molecule has 2 aromatic carbocycles. The van der Waals surface area contributed by atoms with E-state index in [-0.39, 0.29) is 24.7 Å². The Morgan fingerprint density at radius 1 is 1.14 bits per heavy atom. The zero-order valence-corrected chi connectivity index (χ0v) is 15.9. The maximum Gasteiger partial charge on any atom is 0.319 e. The highest BCUT2D eigenvalue weighted by molar-refractivity contribution is 5.89. The number of benzene rings is 2. The number of hydrogen-bond donors (Lipinski definition) is 3. The minimum absolute atomic E-state index is 0.0642. The largest absolute Gasteiger partial charge is 0.454 e. The predicted octanol–water partition coefficient (Wildman–Crippen LogP) is 2.87. The number of fused-ring (bicyclic) bond motifs is 1. The first-order valence-corrected chi connectivity index (χ1v) is 9.70. The summed E-state index contributed by atoms with van der Waals surface area (Å²) in [6.07, 6.45) is 0.978. The van der Waals surface area contributed by atoms with E-state index in [9.17, 15) is 14.3 Å². The first-order valence-electron chi connectivity index (χ1n) is 9.70. The maximum atomic E-state index is 12.9. The molecule has 2 heterocycles. The summed E-state index contributed by atoms with van der Waals surface area (Å²) >= 11 is 0. The summed E-state index contributed by atoms with van der Waals surface area (Å²) in [6, 6.07) is 10.9. The van der Waals surface area contributed by atoms with Gasteiger partial charge in [-0.3, -0.25) is 0 Å². The monoisotopic (exact) mass is 401 g/mol. The van der Waals surface area contributed by atoms with E-state index in [4.69, 9.17) is 9.47 Å². The van der Waals surface area contributed by atoms with Gasteiger partial charge in [0.1, 0.15) is 5.82 Å². The first kappa shape index (κ1) is 19.5. The molecule has 2 aliphatic rings. The van der Waals surface area contributed by atoms with Crippen LogP contribution < -0.4 is 20.1 Å². The highest BCUT2D eigenvalue weighted by Gasteiger charge is 2.24. The molecule has 29 heavy (non-hydrogen) atoms. The topological polar surface area (TPSA) is 83.1 Å². The minimum Gasteiger partial charge on any atom is -0.454 e. The second-order valence-electron chi connectivity index (χ2n) is 7.31. The molecule has 8 heteroatoms. The number of likely N-dealkylation sites (tertiary alicyclic amines) is 1. The molecule has 3 N–H and O–H groups in total. The van der Waals surface area contributed by atoms with Gasteiger partial charge in [0.25, 0.3) is 0 Å². The summed E-state index contributed by atoms with van der Waals surface area (Å²) in [5.41, 5.74) is 1.35. The summed E-state index contributed by atoms with van der Waals surface area (Å²) in [4.78, 5) is 14.3. The average Bonchev–Trinajstić information content (AvgIpc) is 3.19. The van der Waals surface area contributed by atoms with Gasteiger partial charge in [-0.25, -0.2) is 9.18 Å². The van der Waals surface area contributed by atoms with Crippen molar-refractivity contribution in [2.24, 2.45) is 0 Å². The number of piperidine rings is 1. The third-order valence-electron chi connectivity index (χ3n) is 5.24. The number of aliphatic hydroxyl groups is 1. The first-order chi connectivity index (χ1) is 14.1. The number of nitrogens with one attached hydrogen (secondary N) is 2. The fourth-order valence-electron chi connectivity index (χ4n) is 3.62. The van der Waals surface area contributed by atoms with E-state index in [1.54, 1.807) is 0 Å². The molecule has 0 saturated carbocycles. The molecular weight excluding hydrogens is 377 g/mol. The molecule has 1 saturated heterocycles. The van der Waals surface area contributed by atoms with Crippen molar-refractivity contribution >= 4 is 11.7 Å². The molecule has 0 spiro atoms. The Hall–Kier alpha value is -2.84. The van der Waals surface area contributed by atoms with E-state index in [0.29, 0.717) is 23.7 Å². The van der Waals surface area contributed by atoms with E-state index >= 15 is 0 Å². The predicted molar refractivity (Wildman–Crippen MR) is 106 cm³/mol. The molecule has 0 bridgehead atoms. The van der Waals surface area contributed by atoms with Crippen molar-refractivity contribution in [2.75, 3.05) is 31.7 Å². The molecule has 2 aliphatic heterocycles. The number of β-amino-alcohol motifs (C(OH)–C–C–N with tert-alkyl or cyclic N) is 1. The molecule has 0 radical (unpaired) electrons. The molecule has 0 aliphatic carbocycles. The molecule has 7 nitrogen and oxygen atoms in total. The van der Waals surface area contributed by atoms with Crippen LogP contribution in [-0.4, -0.2) is 48.5 Å². The number of urea groups is 1. The lowest BCUT2D eigenvalue weighted by molar-refractivity contribution is 0.0950. The number of carbonyl (C=O) groups is 1. The van der Waals surface area contributed by atoms with Crippen LogP contribution in [0.5, 0.6) is 11.5 Å². The standard InChI is InChI=1S/C21H24FN3O4/c22-15-2-4-16(5-3-15)23-21(27)24-17-7-9-25(10-8-17)12-18(26)14-1-6-19-20(11-14)29-13-28-19/h1-6,11,17-18,26H,7-10,12-13H2,(H2,23,24,27)/t18-/m1/s1. The number of amides is 2. The molecule has 0 aromatic heterocycles. The number of aliphatic hydroxyl groups excluding tert-OH is 1. The van der Waals surface area contributed by atoms with Gasteiger partial charge in [0.2, 0.25) is 6.79 Å². The van der Waals surface area contributed by atoms with Gasteiger partial charge in [-0.15, -0.1) is 0 Å². The van der Waals surface area contributed by atoms with Crippen LogP contribution in [0.25, 0.3) is 0 Å². The lowest BCUT2D eigenvalue weighted by atomic mass is 10.0. The quantitative estimate of drug-likeness (QED) is 0.718. The van der Waals surface area contributed by atoms with Crippen LogP contribution in [0, 0.1) is 5.82 Å². The highest BCUT2D eigenvalue weighted by Crippen LogP contribution is 2.34. The molecule has 154 valence electrons. The molecular formula is C21H24FN3O4. The van der Waals surface area contributed by atoms with Crippen LogP contribution in [-0.2, 0) is 0 Å². The SMILES string of the molecule is O=C(Nc1ccc(F)cc1)NC1CCN(C[C@@H](O)c2ccc3c(c2)OCO3)CC1. The number of halogens is 1. The number of hydrogen-bond acceptors (Lipinski definition) is 5. The van der Waals surface area contributed by atoms with Crippen LogP contribution in [0.4, 0.5) is 14.9 Å². The molecule has 4 rings (SSSR count). The number of rotatable bonds is 5. The number of nitrogens with zero attached hydrogens (tertiary/aromatic N) is 1. The summed E-state index contributed by atoms with van der Waals surface area (Å²) in [6.45, 7) is 2.30. The lowest BCUT2D eigenvalue weighted by Crippen LogP contribution is -2.46. The third kappa shape index (κ3) is 4.96. The number of carbonyl (C=O) groups excluding carboxylic acids is 1. The van der Waals surface area contributed by atoms with Gasteiger partial charge >= 0.3 is 6.03 Å². The van der Waals surface area contributed by atoms with Crippen molar-refractivity contribution in [1.29, 1.82) is 0 Å². The van der Waals surface area contributed by atoms with Crippen molar-refractivity contribution in [3.05, 3.63) is 53.8 Å². The molecule has 1 atom stereocenters. The molecule has 2 amide bonds. The Bertz CT molecular complexity index is 854. The van der Waals surface area contributed by atoms with Gasteiger partial charge in [-0.1, -0.05) is 6.07 Å². The van der Waals surface area contributed by atoms with Crippen molar-refractivity contribution in [1.82, 2.24) is 10.2 Å². The van der Waals surface area contributed by atoms with Gasteiger partial charge in [-0.2, -0.15) is 0 Å². The fraction of sp³-hybridized carbons (Fsp3) is 0.381.